The maximum absolute atomic E-state index is 8.99. The molecule has 0 aliphatic heterocycles. The average molecular weight is 431 g/mol. The number of benzene rings is 3. The smallest absolute Gasteiger partial charge is 0.119 e. The molecule has 0 atom stereocenters. The van der Waals surface area contributed by atoms with Crippen molar-refractivity contribution in [2.75, 3.05) is 36.9 Å². The van der Waals surface area contributed by atoms with E-state index in [2.05, 4.69) is 10.6 Å². The summed E-state index contributed by atoms with van der Waals surface area (Å²) in [6.45, 7) is 1.13. The second kappa shape index (κ2) is 9.99. The second-order valence-corrected chi connectivity index (χ2v) is 7.62. The minimum absolute atomic E-state index is 0.0721. The standard InChI is InChI=1S/C23H24Cl2N2O2/c24-20-7-1-17(2-8-20)23(25,18-3-9-21(10-4-18)26-13-15-28)19-5-11-22(12-6-19)27-14-16-29/h1-12,26-29H,13-16H2. The summed E-state index contributed by atoms with van der Waals surface area (Å²) in [7, 11) is 0. The molecule has 6 heteroatoms. The van der Waals surface area contributed by atoms with Gasteiger partial charge < -0.3 is 20.8 Å². The van der Waals surface area contributed by atoms with Gasteiger partial charge in [0, 0.05) is 29.5 Å². The van der Waals surface area contributed by atoms with Crippen LogP contribution in [0.2, 0.25) is 5.02 Å². The summed E-state index contributed by atoms with van der Waals surface area (Å²) in [5, 5.41) is 24.9. The van der Waals surface area contributed by atoms with E-state index in [0.29, 0.717) is 18.1 Å². The van der Waals surface area contributed by atoms with Crippen LogP contribution < -0.4 is 10.6 Å². The largest absolute Gasteiger partial charge is 0.395 e. The zero-order chi connectivity index (χ0) is 20.7. The predicted octanol–water partition coefficient (Wildman–Crippen LogP) is 4.68. The topological polar surface area (TPSA) is 64.5 Å². The molecule has 0 unspecified atom stereocenters. The average Bonchev–Trinajstić information content (AvgIpc) is 2.77. The molecule has 0 saturated heterocycles. The summed E-state index contributed by atoms with van der Waals surface area (Å²) < 4.78 is 0. The minimum Gasteiger partial charge on any atom is -0.395 e. The van der Waals surface area contributed by atoms with Crippen LogP contribution in [0.15, 0.2) is 72.8 Å². The maximum atomic E-state index is 8.99. The van der Waals surface area contributed by atoms with E-state index in [1.54, 1.807) is 0 Å². The van der Waals surface area contributed by atoms with E-state index in [0.717, 1.165) is 28.1 Å². The SMILES string of the molecule is OCCNc1ccc(C(Cl)(c2ccc(Cl)cc2)c2ccc(NCCO)cc2)cc1. The molecule has 4 nitrogen and oxygen atoms in total. The number of aliphatic hydroxyl groups excluding tert-OH is 2. The lowest BCUT2D eigenvalue weighted by atomic mass is 9.84. The fourth-order valence-corrected chi connectivity index (χ4v) is 3.72. The van der Waals surface area contributed by atoms with Crippen molar-refractivity contribution in [1.29, 1.82) is 0 Å². The third kappa shape index (κ3) is 5.03. The molecule has 3 aromatic rings. The summed E-state index contributed by atoms with van der Waals surface area (Å²) in [4.78, 5) is -0.893. The number of hydrogen-bond donors (Lipinski definition) is 4. The molecule has 0 amide bonds. The first-order valence-electron chi connectivity index (χ1n) is 9.43. The van der Waals surface area contributed by atoms with Gasteiger partial charge in [0.2, 0.25) is 0 Å². The van der Waals surface area contributed by atoms with Crippen molar-refractivity contribution in [1.82, 2.24) is 0 Å². The summed E-state index contributed by atoms with van der Waals surface area (Å²) >= 11 is 13.4. The predicted molar refractivity (Wildman–Crippen MR) is 121 cm³/mol. The van der Waals surface area contributed by atoms with Crippen LogP contribution in [0.25, 0.3) is 0 Å². The van der Waals surface area contributed by atoms with Gasteiger partial charge in [-0.1, -0.05) is 48.0 Å². The normalized spacial score (nSPS) is 11.3. The Morgan fingerprint density at radius 1 is 0.621 bits per heavy atom. The van der Waals surface area contributed by atoms with Gasteiger partial charge >= 0.3 is 0 Å². The molecule has 0 radical (unpaired) electrons. The number of hydrogen-bond acceptors (Lipinski definition) is 4. The van der Waals surface area contributed by atoms with Crippen LogP contribution in [0.3, 0.4) is 0 Å². The van der Waals surface area contributed by atoms with Gasteiger partial charge in [-0.05, 0) is 53.1 Å². The van der Waals surface area contributed by atoms with Gasteiger partial charge in [-0.15, -0.1) is 11.6 Å². The first kappa shape index (κ1) is 21.5. The van der Waals surface area contributed by atoms with Crippen LogP contribution in [0, 0.1) is 0 Å². The number of aliphatic hydroxyl groups is 2. The summed E-state index contributed by atoms with van der Waals surface area (Å²) in [5.74, 6) is 0. The Morgan fingerprint density at radius 2 is 0.966 bits per heavy atom. The van der Waals surface area contributed by atoms with E-state index in [4.69, 9.17) is 33.4 Å². The quantitative estimate of drug-likeness (QED) is 0.294. The van der Waals surface area contributed by atoms with Crippen molar-refractivity contribution < 1.29 is 10.2 Å². The van der Waals surface area contributed by atoms with Crippen LogP contribution in [-0.2, 0) is 4.87 Å². The van der Waals surface area contributed by atoms with Crippen molar-refractivity contribution >= 4 is 34.6 Å². The monoisotopic (exact) mass is 430 g/mol. The molecule has 0 saturated carbocycles. The van der Waals surface area contributed by atoms with Crippen LogP contribution in [0.4, 0.5) is 11.4 Å². The first-order chi connectivity index (χ1) is 14.1. The summed E-state index contributed by atoms with van der Waals surface area (Å²) in [5.41, 5.74) is 4.60. The Labute approximate surface area is 181 Å². The van der Waals surface area contributed by atoms with Crippen LogP contribution in [0.5, 0.6) is 0 Å². The molecular formula is C23H24Cl2N2O2. The lowest BCUT2D eigenvalue weighted by molar-refractivity contribution is 0.311. The van der Waals surface area contributed by atoms with Crippen LogP contribution in [0.1, 0.15) is 16.7 Å². The van der Waals surface area contributed by atoms with Crippen molar-refractivity contribution in [3.63, 3.8) is 0 Å². The highest BCUT2D eigenvalue weighted by Gasteiger charge is 2.34. The van der Waals surface area contributed by atoms with Gasteiger partial charge in [-0.3, -0.25) is 0 Å². The molecule has 0 heterocycles. The van der Waals surface area contributed by atoms with Crippen molar-refractivity contribution in [2.45, 2.75) is 4.87 Å². The molecule has 3 rings (SSSR count). The first-order valence-corrected chi connectivity index (χ1v) is 10.2. The molecule has 0 aromatic heterocycles. The molecule has 29 heavy (non-hydrogen) atoms. The molecule has 4 N–H and O–H groups in total. The van der Waals surface area contributed by atoms with E-state index in [1.807, 2.05) is 72.8 Å². The zero-order valence-corrected chi connectivity index (χ0v) is 17.4. The zero-order valence-electron chi connectivity index (χ0n) is 15.9. The molecule has 0 spiro atoms. The fourth-order valence-electron chi connectivity index (χ4n) is 3.22. The van der Waals surface area contributed by atoms with Crippen LogP contribution in [-0.4, -0.2) is 36.5 Å². The fraction of sp³-hybridized carbons (Fsp3) is 0.217. The van der Waals surface area contributed by atoms with Crippen LogP contribution >= 0.6 is 23.2 Å². The molecule has 0 aliphatic carbocycles. The minimum atomic E-state index is -0.893. The Balaban J connectivity index is 2.01. The Kier molecular flexibility index (Phi) is 7.40. The van der Waals surface area contributed by atoms with Gasteiger partial charge in [-0.25, -0.2) is 0 Å². The van der Waals surface area contributed by atoms with E-state index < -0.39 is 4.87 Å². The van der Waals surface area contributed by atoms with Crippen molar-refractivity contribution in [2.24, 2.45) is 0 Å². The lowest BCUT2D eigenvalue weighted by Gasteiger charge is -2.29. The van der Waals surface area contributed by atoms with E-state index in [-0.39, 0.29) is 13.2 Å². The highest BCUT2D eigenvalue weighted by atomic mass is 35.5. The maximum Gasteiger partial charge on any atom is 0.119 e. The van der Waals surface area contributed by atoms with E-state index in [9.17, 15) is 0 Å². The number of nitrogens with one attached hydrogen (secondary N) is 2. The summed E-state index contributed by atoms with van der Waals surface area (Å²) in [6.07, 6.45) is 0. The molecule has 3 aromatic carbocycles. The molecule has 0 fully saturated rings. The second-order valence-electron chi connectivity index (χ2n) is 6.62. The number of halogens is 2. The molecular weight excluding hydrogens is 407 g/mol. The third-order valence-electron chi connectivity index (χ3n) is 4.69. The number of alkyl halides is 1. The lowest BCUT2D eigenvalue weighted by Crippen LogP contribution is -2.22. The van der Waals surface area contributed by atoms with Gasteiger partial charge in [0.25, 0.3) is 0 Å². The van der Waals surface area contributed by atoms with E-state index >= 15 is 0 Å². The van der Waals surface area contributed by atoms with Gasteiger partial charge in [0.1, 0.15) is 4.87 Å². The Hall–Kier alpha value is -2.24. The highest BCUT2D eigenvalue weighted by Crippen LogP contribution is 2.44. The highest BCUT2D eigenvalue weighted by molar-refractivity contribution is 6.31. The number of anilines is 2. The number of rotatable bonds is 9. The molecule has 0 aliphatic rings. The van der Waals surface area contributed by atoms with Gasteiger partial charge in [-0.2, -0.15) is 0 Å². The Morgan fingerprint density at radius 3 is 1.31 bits per heavy atom. The van der Waals surface area contributed by atoms with Crippen molar-refractivity contribution in [3.05, 3.63) is 94.5 Å². The summed E-state index contributed by atoms with van der Waals surface area (Å²) in [6, 6.07) is 23.3. The molecule has 152 valence electrons. The third-order valence-corrected chi connectivity index (χ3v) is 5.60. The van der Waals surface area contributed by atoms with Gasteiger partial charge in [0.15, 0.2) is 0 Å². The van der Waals surface area contributed by atoms with Gasteiger partial charge in [0.05, 0.1) is 13.2 Å². The molecule has 0 bridgehead atoms. The van der Waals surface area contributed by atoms with Crippen molar-refractivity contribution in [3.8, 4) is 0 Å². The van der Waals surface area contributed by atoms with E-state index in [1.165, 1.54) is 0 Å². The Bertz CT molecular complexity index is 846.